The van der Waals surface area contributed by atoms with Gasteiger partial charge in [-0.3, -0.25) is 0 Å². The highest BCUT2D eigenvalue weighted by molar-refractivity contribution is 5.86. The first kappa shape index (κ1) is 12.9. The van der Waals surface area contributed by atoms with Crippen LogP contribution in [0.15, 0.2) is 0 Å². The first-order chi connectivity index (χ1) is 6.20. The number of rotatable bonds is 4. The summed E-state index contributed by atoms with van der Waals surface area (Å²) in [5.41, 5.74) is 5.98. The molecule has 0 bridgehead atoms. The summed E-state index contributed by atoms with van der Waals surface area (Å²) in [6, 6.07) is 0. The van der Waals surface area contributed by atoms with Crippen LogP contribution in [0.5, 0.6) is 0 Å². The molecule has 80 valence electrons. The molecule has 0 saturated carbocycles. The van der Waals surface area contributed by atoms with Crippen molar-refractivity contribution in [2.45, 2.75) is 19.9 Å². The van der Waals surface area contributed by atoms with Gasteiger partial charge in [-0.05, 0) is 6.42 Å². The number of hydrogen-bond donors (Lipinski definition) is 2. The predicted octanol–water partition coefficient (Wildman–Crippen LogP) is -0.0808. The maximum absolute atomic E-state index is 10.7. The highest BCUT2D eigenvalue weighted by Crippen LogP contribution is 2.05. The highest BCUT2D eigenvalue weighted by Gasteiger charge is 2.16. The largest absolute Gasteiger partial charge is 0.476 e. The van der Waals surface area contributed by atoms with Crippen molar-refractivity contribution in [1.29, 1.82) is 0 Å². The molecule has 14 heavy (non-hydrogen) atoms. The Labute approximate surface area is 87.5 Å². The van der Waals surface area contributed by atoms with Crippen LogP contribution in [0.3, 0.4) is 0 Å². The van der Waals surface area contributed by atoms with Gasteiger partial charge in [-0.1, -0.05) is 12.1 Å². The van der Waals surface area contributed by atoms with Gasteiger partial charge in [0.05, 0.1) is 12.2 Å². The molecular weight excluding hydrogens is 208 g/mol. The number of nitrogens with two attached hydrogens (primary N) is 1. The summed E-state index contributed by atoms with van der Waals surface area (Å²) in [7, 11) is 0. The van der Waals surface area contributed by atoms with Gasteiger partial charge < -0.3 is 10.8 Å². The summed E-state index contributed by atoms with van der Waals surface area (Å²) in [5, 5.41) is 16.0. The van der Waals surface area contributed by atoms with E-state index < -0.39 is 5.97 Å². The van der Waals surface area contributed by atoms with Crippen molar-refractivity contribution in [2.75, 3.05) is 6.54 Å². The lowest BCUT2D eigenvalue weighted by Gasteiger charge is -2.01. The molecule has 1 rings (SSSR count). The van der Waals surface area contributed by atoms with Gasteiger partial charge in [0, 0.05) is 6.54 Å². The SMILES string of the molecule is CCc1c(C(=O)O)nnn1CCN.Cl. The van der Waals surface area contributed by atoms with E-state index in [0.29, 0.717) is 25.2 Å². The molecule has 6 nitrogen and oxygen atoms in total. The molecule has 0 aliphatic rings. The maximum Gasteiger partial charge on any atom is 0.358 e. The van der Waals surface area contributed by atoms with Crippen molar-refractivity contribution in [2.24, 2.45) is 5.73 Å². The first-order valence-corrected chi connectivity index (χ1v) is 4.06. The fourth-order valence-electron chi connectivity index (χ4n) is 1.15. The van der Waals surface area contributed by atoms with E-state index in [1.165, 1.54) is 4.68 Å². The second-order valence-corrected chi connectivity index (χ2v) is 2.56. The number of halogens is 1. The minimum atomic E-state index is -1.04. The molecule has 0 spiro atoms. The van der Waals surface area contributed by atoms with Crippen LogP contribution in [0.1, 0.15) is 23.1 Å². The van der Waals surface area contributed by atoms with Crippen LogP contribution in [0.2, 0.25) is 0 Å². The maximum atomic E-state index is 10.7. The van der Waals surface area contributed by atoms with Crippen molar-refractivity contribution in [3.05, 3.63) is 11.4 Å². The van der Waals surface area contributed by atoms with E-state index in [2.05, 4.69) is 10.3 Å². The topological polar surface area (TPSA) is 94.0 Å². The molecule has 0 amide bonds. The predicted molar refractivity (Wildman–Crippen MR) is 52.7 cm³/mol. The average Bonchev–Trinajstić information content (AvgIpc) is 2.48. The molecule has 0 aliphatic carbocycles. The number of carboxylic acids is 1. The van der Waals surface area contributed by atoms with Crippen molar-refractivity contribution in [3.8, 4) is 0 Å². The lowest BCUT2D eigenvalue weighted by Crippen LogP contribution is -2.14. The molecular formula is C7H13ClN4O2. The third-order valence-electron chi connectivity index (χ3n) is 1.72. The van der Waals surface area contributed by atoms with Crippen LogP contribution in [0, 0.1) is 0 Å². The zero-order valence-corrected chi connectivity index (χ0v) is 8.62. The Balaban J connectivity index is 0.00000169. The Kier molecular flexibility index (Phi) is 5.11. The third-order valence-corrected chi connectivity index (χ3v) is 1.72. The van der Waals surface area contributed by atoms with E-state index in [4.69, 9.17) is 10.8 Å². The molecule has 7 heteroatoms. The molecule has 1 heterocycles. The van der Waals surface area contributed by atoms with Crippen LogP contribution >= 0.6 is 12.4 Å². The minimum Gasteiger partial charge on any atom is -0.476 e. The van der Waals surface area contributed by atoms with Gasteiger partial charge in [-0.15, -0.1) is 17.5 Å². The second kappa shape index (κ2) is 5.56. The zero-order chi connectivity index (χ0) is 9.84. The van der Waals surface area contributed by atoms with Crippen LogP contribution < -0.4 is 5.73 Å². The quantitative estimate of drug-likeness (QED) is 0.740. The molecule has 0 saturated heterocycles. The fourth-order valence-corrected chi connectivity index (χ4v) is 1.15. The van der Waals surface area contributed by atoms with Gasteiger partial charge in [-0.25, -0.2) is 9.48 Å². The molecule has 0 aliphatic heterocycles. The summed E-state index contributed by atoms with van der Waals surface area (Å²) < 4.78 is 1.53. The van der Waals surface area contributed by atoms with Crippen molar-refractivity contribution in [1.82, 2.24) is 15.0 Å². The van der Waals surface area contributed by atoms with Crippen LogP contribution in [0.4, 0.5) is 0 Å². The molecule has 1 aromatic rings. The molecule has 1 aromatic heterocycles. The van der Waals surface area contributed by atoms with Crippen molar-refractivity contribution in [3.63, 3.8) is 0 Å². The second-order valence-electron chi connectivity index (χ2n) is 2.56. The fraction of sp³-hybridized carbons (Fsp3) is 0.571. The Morgan fingerprint density at radius 1 is 1.64 bits per heavy atom. The summed E-state index contributed by atoms with van der Waals surface area (Å²) in [5.74, 6) is -1.04. The van der Waals surface area contributed by atoms with Crippen LogP contribution in [0.25, 0.3) is 0 Å². The van der Waals surface area contributed by atoms with Gasteiger partial charge >= 0.3 is 5.97 Å². The average molecular weight is 221 g/mol. The van der Waals surface area contributed by atoms with Crippen LogP contribution in [-0.4, -0.2) is 32.6 Å². The molecule has 0 aromatic carbocycles. The van der Waals surface area contributed by atoms with Gasteiger partial charge in [-0.2, -0.15) is 0 Å². The smallest absolute Gasteiger partial charge is 0.358 e. The Morgan fingerprint density at radius 3 is 2.71 bits per heavy atom. The number of aromatic carboxylic acids is 1. The first-order valence-electron chi connectivity index (χ1n) is 4.06. The lowest BCUT2D eigenvalue weighted by molar-refractivity contribution is 0.0689. The summed E-state index contributed by atoms with van der Waals surface area (Å²) in [6.45, 7) is 2.79. The van der Waals surface area contributed by atoms with Crippen molar-refractivity contribution >= 4 is 18.4 Å². The minimum absolute atomic E-state index is 0. The molecule has 3 N–H and O–H groups in total. The number of carbonyl (C=O) groups is 1. The molecule has 0 unspecified atom stereocenters. The number of carboxylic acid groups (broad SMARTS) is 1. The van der Waals surface area contributed by atoms with E-state index in [9.17, 15) is 4.79 Å². The van der Waals surface area contributed by atoms with Gasteiger partial charge in [0.2, 0.25) is 0 Å². The zero-order valence-electron chi connectivity index (χ0n) is 7.80. The molecule has 0 atom stereocenters. The summed E-state index contributed by atoms with van der Waals surface area (Å²) >= 11 is 0. The van der Waals surface area contributed by atoms with E-state index >= 15 is 0 Å². The third kappa shape index (κ3) is 2.43. The van der Waals surface area contributed by atoms with Gasteiger partial charge in [0.25, 0.3) is 0 Å². The molecule has 0 radical (unpaired) electrons. The Bertz CT molecular complexity index is 313. The highest BCUT2D eigenvalue weighted by atomic mass is 35.5. The normalized spacial score (nSPS) is 9.57. The lowest BCUT2D eigenvalue weighted by atomic mass is 10.2. The summed E-state index contributed by atoms with van der Waals surface area (Å²) in [4.78, 5) is 10.7. The Hall–Kier alpha value is -1.14. The van der Waals surface area contributed by atoms with Crippen molar-refractivity contribution < 1.29 is 9.90 Å². The van der Waals surface area contributed by atoms with E-state index in [-0.39, 0.29) is 18.1 Å². The van der Waals surface area contributed by atoms with Crippen LogP contribution in [-0.2, 0) is 13.0 Å². The van der Waals surface area contributed by atoms with Gasteiger partial charge in [0.1, 0.15) is 0 Å². The number of hydrogen-bond acceptors (Lipinski definition) is 4. The van der Waals surface area contributed by atoms with E-state index in [0.717, 1.165) is 0 Å². The number of nitrogens with zero attached hydrogens (tertiary/aromatic N) is 3. The molecule has 0 fully saturated rings. The summed E-state index contributed by atoms with van der Waals surface area (Å²) in [6.07, 6.45) is 0.592. The van der Waals surface area contributed by atoms with E-state index in [1.807, 2.05) is 6.92 Å². The van der Waals surface area contributed by atoms with E-state index in [1.54, 1.807) is 0 Å². The standard InChI is InChI=1S/C7H12N4O2.ClH/c1-2-5-6(7(12)13)9-10-11(5)4-3-8;/h2-4,8H2,1H3,(H,12,13);1H. The monoisotopic (exact) mass is 220 g/mol. The number of aromatic nitrogens is 3. The van der Waals surface area contributed by atoms with Gasteiger partial charge in [0.15, 0.2) is 5.69 Å². The Morgan fingerprint density at radius 2 is 2.29 bits per heavy atom.